The summed E-state index contributed by atoms with van der Waals surface area (Å²) in [6.07, 6.45) is 4.44. The summed E-state index contributed by atoms with van der Waals surface area (Å²) in [5.41, 5.74) is 1.35. The normalized spacial score (nSPS) is 15.4. The van der Waals surface area contributed by atoms with E-state index in [1.807, 2.05) is 43.3 Å². The molecule has 166 valence electrons. The third kappa shape index (κ3) is 5.48. The number of ether oxygens (including phenoxy) is 2. The summed E-state index contributed by atoms with van der Waals surface area (Å²) >= 11 is 3.48. The van der Waals surface area contributed by atoms with Gasteiger partial charge in [0.05, 0.1) is 13.0 Å². The first-order valence-corrected chi connectivity index (χ1v) is 11.5. The molecule has 1 aliphatic rings. The number of amides is 1. The van der Waals surface area contributed by atoms with Crippen LogP contribution in [0.25, 0.3) is 0 Å². The zero-order chi connectivity index (χ0) is 22.6. The molecule has 1 unspecified atom stereocenters. The molecule has 0 aliphatic heterocycles. The van der Waals surface area contributed by atoms with Crippen molar-refractivity contribution in [2.24, 2.45) is 5.92 Å². The van der Waals surface area contributed by atoms with Crippen LogP contribution in [0.5, 0.6) is 5.75 Å². The monoisotopic (exact) mass is 487 g/mol. The molecule has 0 aromatic heterocycles. The van der Waals surface area contributed by atoms with Crippen LogP contribution >= 0.6 is 15.9 Å². The number of esters is 1. The van der Waals surface area contributed by atoms with Gasteiger partial charge in [-0.15, -0.1) is 0 Å². The molecule has 31 heavy (non-hydrogen) atoms. The SMILES string of the molecule is COC(=O)C(C)(C)Oc1cccc(NC(=O)C(c2ccc(Br)cc2)C2CCCC2)c1C. The molecule has 5 nitrogen and oxygen atoms in total. The van der Waals surface area contributed by atoms with E-state index in [0.29, 0.717) is 17.4 Å². The number of carbonyl (C=O) groups is 2. The highest BCUT2D eigenvalue weighted by atomic mass is 79.9. The summed E-state index contributed by atoms with van der Waals surface area (Å²) in [5.74, 6) is 0.194. The van der Waals surface area contributed by atoms with Crippen molar-refractivity contribution < 1.29 is 19.1 Å². The predicted molar refractivity (Wildman–Crippen MR) is 125 cm³/mol. The van der Waals surface area contributed by atoms with E-state index in [2.05, 4.69) is 21.2 Å². The van der Waals surface area contributed by atoms with Crippen LogP contribution < -0.4 is 10.1 Å². The third-order valence-corrected chi connectivity index (χ3v) is 6.50. The number of nitrogens with one attached hydrogen (secondary N) is 1. The van der Waals surface area contributed by atoms with Gasteiger partial charge in [-0.2, -0.15) is 0 Å². The van der Waals surface area contributed by atoms with E-state index in [9.17, 15) is 9.59 Å². The molecular weight excluding hydrogens is 458 g/mol. The van der Waals surface area contributed by atoms with Gasteiger partial charge in [0.1, 0.15) is 5.75 Å². The molecule has 0 heterocycles. The van der Waals surface area contributed by atoms with Crippen molar-refractivity contribution in [3.8, 4) is 5.75 Å². The Morgan fingerprint density at radius 1 is 1.10 bits per heavy atom. The van der Waals surface area contributed by atoms with Crippen LogP contribution in [0.2, 0.25) is 0 Å². The smallest absolute Gasteiger partial charge is 0.349 e. The summed E-state index contributed by atoms with van der Waals surface area (Å²) in [6.45, 7) is 5.20. The molecule has 1 N–H and O–H groups in total. The van der Waals surface area contributed by atoms with E-state index < -0.39 is 11.6 Å². The molecule has 1 amide bonds. The number of carbonyl (C=O) groups excluding carboxylic acids is 2. The van der Waals surface area contributed by atoms with Gasteiger partial charge in [-0.25, -0.2) is 4.79 Å². The second-order valence-corrected chi connectivity index (χ2v) is 9.51. The van der Waals surface area contributed by atoms with Crippen LogP contribution in [-0.2, 0) is 14.3 Å². The first-order valence-electron chi connectivity index (χ1n) is 10.7. The zero-order valence-electron chi connectivity index (χ0n) is 18.5. The lowest BCUT2D eigenvalue weighted by Crippen LogP contribution is -2.39. The quantitative estimate of drug-likeness (QED) is 0.486. The second kappa shape index (κ2) is 9.86. The van der Waals surface area contributed by atoms with Gasteiger partial charge in [0, 0.05) is 15.7 Å². The van der Waals surface area contributed by atoms with Crippen molar-refractivity contribution in [1.82, 2.24) is 0 Å². The standard InChI is InChI=1S/C25H30BrNO4/c1-16-20(10-7-11-21(16)31-25(2,3)24(29)30-4)27-23(28)22(17-8-5-6-9-17)18-12-14-19(26)15-13-18/h7,10-15,17,22H,5-6,8-9H2,1-4H3,(H,27,28). The molecule has 2 aromatic carbocycles. The number of rotatable bonds is 7. The van der Waals surface area contributed by atoms with E-state index in [0.717, 1.165) is 41.3 Å². The second-order valence-electron chi connectivity index (χ2n) is 8.60. The minimum absolute atomic E-state index is 0.0123. The summed E-state index contributed by atoms with van der Waals surface area (Å²) in [4.78, 5) is 25.5. The molecule has 1 atom stereocenters. The van der Waals surface area contributed by atoms with Crippen molar-refractivity contribution >= 4 is 33.5 Å². The number of methoxy groups -OCH3 is 1. The highest BCUT2D eigenvalue weighted by molar-refractivity contribution is 9.10. The molecule has 0 bridgehead atoms. The Kier molecular flexibility index (Phi) is 7.42. The van der Waals surface area contributed by atoms with Crippen molar-refractivity contribution in [2.45, 2.75) is 58.0 Å². The van der Waals surface area contributed by atoms with Crippen LogP contribution in [0.4, 0.5) is 5.69 Å². The fourth-order valence-corrected chi connectivity index (χ4v) is 4.50. The predicted octanol–water partition coefficient (Wildman–Crippen LogP) is 6.00. The summed E-state index contributed by atoms with van der Waals surface area (Å²) < 4.78 is 11.8. The van der Waals surface area contributed by atoms with Gasteiger partial charge in [0.25, 0.3) is 0 Å². The maximum absolute atomic E-state index is 13.5. The fourth-order valence-electron chi connectivity index (χ4n) is 4.23. The lowest BCUT2D eigenvalue weighted by atomic mass is 9.84. The van der Waals surface area contributed by atoms with Gasteiger partial charge in [0.15, 0.2) is 5.60 Å². The number of hydrogen-bond donors (Lipinski definition) is 1. The Morgan fingerprint density at radius 3 is 2.35 bits per heavy atom. The zero-order valence-corrected chi connectivity index (χ0v) is 20.1. The van der Waals surface area contributed by atoms with Crippen molar-refractivity contribution in [2.75, 3.05) is 12.4 Å². The van der Waals surface area contributed by atoms with Crippen molar-refractivity contribution in [1.29, 1.82) is 0 Å². The lowest BCUT2D eigenvalue weighted by molar-refractivity contribution is -0.156. The minimum Gasteiger partial charge on any atom is -0.476 e. The van der Waals surface area contributed by atoms with Gasteiger partial charge in [-0.05, 0) is 69.4 Å². The van der Waals surface area contributed by atoms with Gasteiger partial charge < -0.3 is 14.8 Å². The van der Waals surface area contributed by atoms with E-state index >= 15 is 0 Å². The summed E-state index contributed by atoms with van der Waals surface area (Å²) in [6, 6.07) is 13.5. The van der Waals surface area contributed by atoms with E-state index in [1.54, 1.807) is 19.9 Å². The van der Waals surface area contributed by atoms with E-state index in [1.165, 1.54) is 7.11 Å². The number of anilines is 1. The molecule has 2 aromatic rings. The van der Waals surface area contributed by atoms with Crippen LogP contribution in [-0.4, -0.2) is 24.6 Å². The van der Waals surface area contributed by atoms with Gasteiger partial charge >= 0.3 is 5.97 Å². The van der Waals surface area contributed by atoms with E-state index in [4.69, 9.17) is 9.47 Å². The van der Waals surface area contributed by atoms with Crippen LogP contribution in [0.3, 0.4) is 0 Å². The maximum Gasteiger partial charge on any atom is 0.349 e. The Bertz CT molecular complexity index is 933. The molecule has 0 saturated heterocycles. The highest BCUT2D eigenvalue weighted by Crippen LogP contribution is 2.39. The molecule has 0 spiro atoms. The van der Waals surface area contributed by atoms with Crippen molar-refractivity contribution in [3.05, 3.63) is 58.1 Å². The molecule has 3 rings (SSSR count). The largest absolute Gasteiger partial charge is 0.476 e. The third-order valence-electron chi connectivity index (χ3n) is 5.97. The summed E-state index contributed by atoms with van der Waals surface area (Å²) in [7, 11) is 1.34. The molecule has 1 fully saturated rings. The Morgan fingerprint density at radius 2 is 1.74 bits per heavy atom. The molecule has 6 heteroatoms. The van der Waals surface area contributed by atoms with Crippen LogP contribution in [0.1, 0.15) is 56.6 Å². The topological polar surface area (TPSA) is 64.6 Å². The minimum atomic E-state index is -1.13. The van der Waals surface area contributed by atoms with Gasteiger partial charge in [-0.3, -0.25) is 4.79 Å². The molecular formula is C25H30BrNO4. The molecule has 1 saturated carbocycles. The van der Waals surface area contributed by atoms with Crippen LogP contribution in [0, 0.1) is 12.8 Å². The van der Waals surface area contributed by atoms with Gasteiger partial charge in [-0.1, -0.05) is 47.0 Å². The van der Waals surface area contributed by atoms with Crippen molar-refractivity contribution in [3.63, 3.8) is 0 Å². The fraction of sp³-hybridized carbons (Fsp3) is 0.440. The highest BCUT2D eigenvalue weighted by Gasteiger charge is 2.34. The number of halogens is 1. The van der Waals surface area contributed by atoms with E-state index in [-0.39, 0.29) is 11.8 Å². The maximum atomic E-state index is 13.5. The number of hydrogen-bond acceptors (Lipinski definition) is 4. The molecule has 1 aliphatic carbocycles. The lowest BCUT2D eigenvalue weighted by Gasteiger charge is -2.26. The first-order chi connectivity index (χ1) is 14.7. The van der Waals surface area contributed by atoms with Crippen LogP contribution in [0.15, 0.2) is 46.9 Å². The summed E-state index contributed by atoms with van der Waals surface area (Å²) in [5, 5.41) is 3.12. The average molecular weight is 488 g/mol. The Hall–Kier alpha value is -2.34. The average Bonchev–Trinajstić information content (AvgIpc) is 3.26. The first kappa shape index (κ1) is 23.3. The number of benzene rings is 2. The Labute approximate surface area is 192 Å². The van der Waals surface area contributed by atoms with Gasteiger partial charge in [0.2, 0.25) is 5.91 Å². The molecule has 0 radical (unpaired) electrons. The Balaban J connectivity index is 1.85.